The lowest BCUT2D eigenvalue weighted by Crippen LogP contribution is -2.53. The summed E-state index contributed by atoms with van der Waals surface area (Å²) in [6.07, 6.45) is 0.992. The summed E-state index contributed by atoms with van der Waals surface area (Å²) < 4.78 is 14.2. The molecule has 0 spiro atoms. The number of urea groups is 1. The normalized spacial score (nSPS) is 21.5. The summed E-state index contributed by atoms with van der Waals surface area (Å²) in [7, 11) is 0. The molecular weight excluding hydrogens is 407 g/mol. The van der Waals surface area contributed by atoms with E-state index in [0.717, 1.165) is 11.3 Å². The molecule has 7 nitrogen and oxygen atoms in total. The Kier molecular flexibility index (Phi) is 4.26. The van der Waals surface area contributed by atoms with Crippen LogP contribution in [0.1, 0.15) is 18.4 Å². The first-order valence-electron chi connectivity index (χ1n) is 8.37. The molecule has 1 aromatic carbocycles. The third-order valence-electron chi connectivity index (χ3n) is 5.02. The summed E-state index contributed by atoms with van der Waals surface area (Å²) in [5, 5.41) is 2.07. The number of imide groups is 1. The van der Waals surface area contributed by atoms with Crippen molar-refractivity contribution in [2.75, 3.05) is 24.5 Å². The average molecular weight is 423 g/mol. The van der Waals surface area contributed by atoms with E-state index in [1.165, 1.54) is 0 Å². The SMILES string of the molecule is O=C1N=C(CCC(=O)N2CCN3c4cc(Br)c(F)cc4CC3C2)C(=O)N1. The molecule has 1 atom stereocenters. The molecule has 0 aromatic heterocycles. The summed E-state index contributed by atoms with van der Waals surface area (Å²) in [6, 6.07) is 2.81. The number of anilines is 1. The largest absolute Gasteiger partial charge is 0.364 e. The van der Waals surface area contributed by atoms with Gasteiger partial charge in [0.1, 0.15) is 11.5 Å². The summed E-state index contributed by atoms with van der Waals surface area (Å²) in [6.45, 7) is 1.81. The van der Waals surface area contributed by atoms with Crippen LogP contribution in [0.4, 0.5) is 14.9 Å². The number of nitrogens with one attached hydrogen (secondary N) is 1. The first kappa shape index (κ1) is 17.1. The highest BCUT2D eigenvalue weighted by Gasteiger charge is 2.36. The van der Waals surface area contributed by atoms with Gasteiger partial charge in [-0.25, -0.2) is 9.18 Å². The van der Waals surface area contributed by atoms with Gasteiger partial charge in [0.2, 0.25) is 5.91 Å². The Labute approximate surface area is 157 Å². The molecule has 0 saturated carbocycles. The highest BCUT2D eigenvalue weighted by atomic mass is 79.9. The molecular formula is C17H16BrFN4O3. The Bertz CT molecular complexity index is 857. The van der Waals surface area contributed by atoms with Gasteiger partial charge in [0, 0.05) is 38.2 Å². The van der Waals surface area contributed by atoms with Gasteiger partial charge in [0.25, 0.3) is 5.91 Å². The minimum absolute atomic E-state index is 0.0668. The molecule has 0 aliphatic carbocycles. The van der Waals surface area contributed by atoms with E-state index in [2.05, 4.69) is 31.1 Å². The average Bonchev–Trinajstić information content (AvgIpc) is 3.11. The Morgan fingerprint density at radius 2 is 2.15 bits per heavy atom. The van der Waals surface area contributed by atoms with Gasteiger partial charge < -0.3 is 9.80 Å². The van der Waals surface area contributed by atoms with Crippen molar-refractivity contribution >= 4 is 45.2 Å². The first-order valence-corrected chi connectivity index (χ1v) is 9.17. The van der Waals surface area contributed by atoms with E-state index in [0.29, 0.717) is 30.5 Å². The van der Waals surface area contributed by atoms with Crippen molar-refractivity contribution in [1.82, 2.24) is 10.2 Å². The van der Waals surface area contributed by atoms with Crippen molar-refractivity contribution in [3.8, 4) is 0 Å². The first-order chi connectivity index (χ1) is 12.4. The minimum Gasteiger partial charge on any atom is -0.364 e. The number of amides is 4. The molecule has 1 N–H and O–H groups in total. The molecule has 0 radical (unpaired) electrons. The van der Waals surface area contributed by atoms with Gasteiger partial charge in [0.15, 0.2) is 0 Å². The zero-order chi connectivity index (χ0) is 18.4. The quantitative estimate of drug-likeness (QED) is 0.802. The van der Waals surface area contributed by atoms with Crippen LogP contribution in [0.5, 0.6) is 0 Å². The Morgan fingerprint density at radius 3 is 2.88 bits per heavy atom. The Hall–Kier alpha value is -2.29. The smallest absolute Gasteiger partial charge is 0.348 e. The third kappa shape index (κ3) is 3.00. The fraction of sp³-hybridized carbons (Fsp3) is 0.412. The molecule has 1 aromatic rings. The molecule has 3 aliphatic rings. The van der Waals surface area contributed by atoms with E-state index in [1.807, 2.05) is 0 Å². The molecule has 3 aliphatic heterocycles. The molecule has 136 valence electrons. The third-order valence-corrected chi connectivity index (χ3v) is 5.62. The lowest BCUT2D eigenvalue weighted by atomic mass is 10.1. The van der Waals surface area contributed by atoms with Crippen LogP contribution in [0.2, 0.25) is 0 Å². The van der Waals surface area contributed by atoms with Crippen molar-refractivity contribution in [1.29, 1.82) is 0 Å². The highest BCUT2D eigenvalue weighted by Crippen LogP contribution is 2.37. The van der Waals surface area contributed by atoms with Crippen molar-refractivity contribution < 1.29 is 18.8 Å². The lowest BCUT2D eigenvalue weighted by Gasteiger charge is -2.39. The van der Waals surface area contributed by atoms with Crippen LogP contribution in [0.25, 0.3) is 0 Å². The molecule has 3 heterocycles. The Balaban J connectivity index is 1.38. The van der Waals surface area contributed by atoms with Crippen molar-refractivity contribution in [3.63, 3.8) is 0 Å². The number of nitrogens with zero attached hydrogens (tertiary/aromatic N) is 3. The zero-order valence-corrected chi connectivity index (χ0v) is 15.4. The maximum atomic E-state index is 13.8. The van der Waals surface area contributed by atoms with E-state index in [1.54, 1.807) is 17.0 Å². The van der Waals surface area contributed by atoms with Crippen LogP contribution < -0.4 is 10.2 Å². The lowest BCUT2D eigenvalue weighted by molar-refractivity contribution is -0.131. The second-order valence-corrected chi connectivity index (χ2v) is 7.46. The maximum absolute atomic E-state index is 13.8. The van der Waals surface area contributed by atoms with Crippen LogP contribution in [-0.4, -0.2) is 54.1 Å². The second kappa shape index (κ2) is 6.46. The van der Waals surface area contributed by atoms with Gasteiger partial charge in [-0.15, -0.1) is 0 Å². The zero-order valence-electron chi connectivity index (χ0n) is 13.8. The van der Waals surface area contributed by atoms with Crippen molar-refractivity contribution in [3.05, 3.63) is 28.0 Å². The van der Waals surface area contributed by atoms with Crippen LogP contribution >= 0.6 is 15.9 Å². The molecule has 1 saturated heterocycles. The number of benzene rings is 1. The van der Waals surface area contributed by atoms with Gasteiger partial charge in [-0.1, -0.05) is 0 Å². The van der Waals surface area contributed by atoms with Crippen molar-refractivity contribution in [2.45, 2.75) is 25.3 Å². The number of fused-ring (bicyclic) bond motifs is 3. The van der Waals surface area contributed by atoms with Crippen LogP contribution in [0.15, 0.2) is 21.6 Å². The standard InChI is InChI=1S/C17H16BrFN4O3/c18-11-7-14-9(6-12(11)19)5-10-8-22(3-4-23(10)14)15(24)2-1-13-16(25)21-17(26)20-13/h6-7,10H,1-5,8H2,(H,21,25,26). The number of carbonyl (C=O) groups excluding carboxylic acids is 3. The van der Waals surface area contributed by atoms with Crippen LogP contribution in [0, 0.1) is 5.82 Å². The number of hydrogen-bond donors (Lipinski definition) is 1. The molecule has 4 amide bonds. The van der Waals surface area contributed by atoms with Gasteiger partial charge in [-0.2, -0.15) is 4.99 Å². The van der Waals surface area contributed by atoms with Gasteiger partial charge in [-0.3, -0.25) is 14.9 Å². The van der Waals surface area contributed by atoms with E-state index in [4.69, 9.17) is 0 Å². The summed E-state index contributed by atoms with van der Waals surface area (Å²) in [5.41, 5.74) is 2.09. The number of rotatable bonds is 3. The topological polar surface area (TPSA) is 82.1 Å². The number of aliphatic imine (C=N–C) groups is 1. The predicted molar refractivity (Wildman–Crippen MR) is 95.7 cm³/mol. The van der Waals surface area contributed by atoms with E-state index in [9.17, 15) is 18.8 Å². The number of carbonyl (C=O) groups is 3. The summed E-state index contributed by atoms with van der Waals surface area (Å²) in [5.74, 6) is -0.865. The maximum Gasteiger partial charge on any atom is 0.348 e. The van der Waals surface area contributed by atoms with Crippen LogP contribution in [0.3, 0.4) is 0 Å². The van der Waals surface area contributed by atoms with Crippen molar-refractivity contribution in [2.24, 2.45) is 4.99 Å². The number of halogens is 2. The molecule has 9 heteroatoms. The number of hydrogen-bond acceptors (Lipinski definition) is 4. The molecule has 4 rings (SSSR count). The van der Waals surface area contributed by atoms with Gasteiger partial charge >= 0.3 is 6.03 Å². The summed E-state index contributed by atoms with van der Waals surface area (Å²) >= 11 is 3.23. The van der Waals surface area contributed by atoms with Crippen LogP contribution in [-0.2, 0) is 16.0 Å². The highest BCUT2D eigenvalue weighted by molar-refractivity contribution is 9.10. The predicted octanol–water partition coefficient (Wildman–Crippen LogP) is 1.63. The fourth-order valence-electron chi connectivity index (χ4n) is 3.76. The van der Waals surface area contributed by atoms with E-state index < -0.39 is 11.9 Å². The fourth-order valence-corrected chi connectivity index (χ4v) is 4.09. The molecule has 1 unspecified atom stereocenters. The van der Waals surface area contributed by atoms with E-state index >= 15 is 0 Å². The summed E-state index contributed by atoms with van der Waals surface area (Å²) in [4.78, 5) is 42.6. The second-order valence-electron chi connectivity index (χ2n) is 6.60. The monoisotopic (exact) mass is 422 g/mol. The molecule has 1 fully saturated rings. The molecule has 0 bridgehead atoms. The van der Waals surface area contributed by atoms with Gasteiger partial charge in [-0.05, 0) is 40.0 Å². The molecule has 26 heavy (non-hydrogen) atoms. The number of piperazine rings is 1. The van der Waals surface area contributed by atoms with E-state index in [-0.39, 0.29) is 36.3 Å². The minimum atomic E-state index is -0.673. The van der Waals surface area contributed by atoms with Gasteiger partial charge in [0.05, 0.1) is 10.5 Å². The Morgan fingerprint density at radius 1 is 1.35 bits per heavy atom.